The van der Waals surface area contributed by atoms with Gasteiger partial charge in [-0.05, 0) is 63.7 Å². The summed E-state index contributed by atoms with van der Waals surface area (Å²) in [5.74, 6) is 0.764. The van der Waals surface area contributed by atoms with Crippen molar-refractivity contribution in [1.29, 1.82) is 0 Å². The molecule has 0 aromatic heterocycles. The van der Waals surface area contributed by atoms with E-state index in [1.54, 1.807) is 0 Å². The topological polar surface area (TPSA) is 15.3 Å². The highest BCUT2D eigenvalue weighted by Crippen LogP contribution is 2.38. The van der Waals surface area contributed by atoms with E-state index < -0.39 is 0 Å². The predicted molar refractivity (Wildman–Crippen MR) is 85.6 cm³/mol. The van der Waals surface area contributed by atoms with E-state index in [-0.39, 0.29) is 0 Å². The Labute approximate surface area is 121 Å². The summed E-state index contributed by atoms with van der Waals surface area (Å²) in [5, 5.41) is 3.57. The van der Waals surface area contributed by atoms with Crippen LogP contribution >= 0.6 is 0 Å². The van der Waals surface area contributed by atoms with Gasteiger partial charge >= 0.3 is 0 Å². The van der Waals surface area contributed by atoms with Crippen LogP contribution in [0.25, 0.3) is 0 Å². The summed E-state index contributed by atoms with van der Waals surface area (Å²) in [7, 11) is 0. The fourth-order valence-corrected chi connectivity index (χ4v) is 3.28. The van der Waals surface area contributed by atoms with Gasteiger partial charge in [0.2, 0.25) is 0 Å². The van der Waals surface area contributed by atoms with Crippen molar-refractivity contribution in [3.05, 3.63) is 0 Å². The number of likely N-dealkylation sites (tertiary alicyclic amines) is 1. The molecule has 2 heteroatoms. The Bertz CT molecular complexity index is 223. The summed E-state index contributed by atoms with van der Waals surface area (Å²) in [6.45, 7) is 16.6. The molecule has 0 amide bonds. The van der Waals surface area contributed by atoms with Crippen molar-refractivity contribution >= 4 is 0 Å². The Morgan fingerprint density at radius 3 is 2.11 bits per heavy atom. The van der Waals surface area contributed by atoms with Crippen LogP contribution < -0.4 is 5.32 Å². The largest absolute Gasteiger partial charge is 0.316 e. The van der Waals surface area contributed by atoms with Crippen molar-refractivity contribution in [2.24, 2.45) is 11.3 Å². The molecule has 2 nitrogen and oxygen atoms in total. The zero-order chi connectivity index (χ0) is 14.3. The molecular formula is C17H36N2. The van der Waals surface area contributed by atoms with Gasteiger partial charge < -0.3 is 10.2 Å². The van der Waals surface area contributed by atoms with Gasteiger partial charge in [-0.25, -0.2) is 0 Å². The molecule has 1 rings (SSSR count). The SMILES string of the molecule is CCC1(CC)CCN(C(C)CCNCC(C)C)CC1. The maximum atomic E-state index is 3.57. The highest BCUT2D eigenvalue weighted by molar-refractivity contribution is 4.85. The molecule has 0 aliphatic carbocycles. The molecular weight excluding hydrogens is 232 g/mol. The highest BCUT2D eigenvalue weighted by Gasteiger charge is 2.32. The first-order chi connectivity index (χ1) is 9.03. The minimum Gasteiger partial charge on any atom is -0.316 e. The molecule has 0 bridgehead atoms. The molecule has 1 saturated heterocycles. The first-order valence-electron chi connectivity index (χ1n) is 8.47. The Morgan fingerprint density at radius 1 is 1.05 bits per heavy atom. The van der Waals surface area contributed by atoms with E-state index in [9.17, 15) is 0 Å². The quantitative estimate of drug-likeness (QED) is 0.671. The second-order valence-electron chi connectivity index (χ2n) is 6.98. The number of nitrogens with one attached hydrogen (secondary N) is 1. The van der Waals surface area contributed by atoms with Crippen molar-refractivity contribution in [3.63, 3.8) is 0 Å². The zero-order valence-electron chi connectivity index (χ0n) is 14.0. The summed E-state index contributed by atoms with van der Waals surface area (Å²) in [6.07, 6.45) is 6.83. The van der Waals surface area contributed by atoms with Crippen LogP contribution in [0.3, 0.4) is 0 Å². The fraction of sp³-hybridized carbons (Fsp3) is 1.00. The van der Waals surface area contributed by atoms with Gasteiger partial charge in [-0.1, -0.05) is 40.5 Å². The number of hydrogen-bond donors (Lipinski definition) is 1. The summed E-state index contributed by atoms with van der Waals surface area (Å²) < 4.78 is 0. The van der Waals surface area contributed by atoms with Crippen molar-refractivity contribution in [3.8, 4) is 0 Å². The van der Waals surface area contributed by atoms with Gasteiger partial charge in [-0.3, -0.25) is 0 Å². The maximum Gasteiger partial charge on any atom is 0.00790 e. The van der Waals surface area contributed by atoms with Crippen LogP contribution in [0.4, 0.5) is 0 Å². The molecule has 1 N–H and O–H groups in total. The van der Waals surface area contributed by atoms with E-state index in [2.05, 4.69) is 44.8 Å². The van der Waals surface area contributed by atoms with Gasteiger partial charge in [0.05, 0.1) is 0 Å². The van der Waals surface area contributed by atoms with Crippen molar-refractivity contribution in [1.82, 2.24) is 10.2 Å². The first-order valence-corrected chi connectivity index (χ1v) is 8.47. The van der Waals surface area contributed by atoms with Crippen LogP contribution in [0.2, 0.25) is 0 Å². The van der Waals surface area contributed by atoms with Crippen LogP contribution in [0.1, 0.15) is 66.7 Å². The van der Waals surface area contributed by atoms with E-state index in [0.29, 0.717) is 5.41 Å². The molecule has 1 fully saturated rings. The molecule has 0 aromatic rings. The Hall–Kier alpha value is -0.0800. The molecule has 1 aliphatic rings. The Morgan fingerprint density at radius 2 is 1.63 bits per heavy atom. The van der Waals surface area contributed by atoms with Gasteiger partial charge in [0.15, 0.2) is 0 Å². The Balaban J connectivity index is 2.23. The minimum absolute atomic E-state index is 0.659. The van der Waals surface area contributed by atoms with Crippen molar-refractivity contribution in [2.45, 2.75) is 72.8 Å². The fourth-order valence-electron chi connectivity index (χ4n) is 3.28. The van der Waals surface area contributed by atoms with Crippen LogP contribution in [0.5, 0.6) is 0 Å². The van der Waals surface area contributed by atoms with Gasteiger partial charge in [-0.2, -0.15) is 0 Å². The van der Waals surface area contributed by atoms with E-state index in [0.717, 1.165) is 18.5 Å². The molecule has 0 saturated carbocycles. The average Bonchev–Trinajstić information content (AvgIpc) is 2.43. The lowest BCUT2D eigenvalue weighted by Gasteiger charge is -2.43. The third kappa shape index (κ3) is 5.43. The summed E-state index contributed by atoms with van der Waals surface area (Å²) >= 11 is 0. The van der Waals surface area contributed by atoms with Gasteiger partial charge in [0.25, 0.3) is 0 Å². The standard InChI is InChI=1S/C17H36N2/c1-6-17(7-2)9-12-19(13-10-17)16(5)8-11-18-14-15(3)4/h15-16,18H,6-14H2,1-5H3. The molecule has 1 unspecified atom stereocenters. The lowest BCUT2D eigenvalue weighted by atomic mass is 9.74. The third-order valence-electron chi connectivity index (χ3n) is 5.27. The lowest BCUT2D eigenvalue weighted by molar-refractivity contribution is 0.0686. The van der Waals surface area contributed by atoms with Crippen LogP contribution in [0.15, 0.2) is 0 Å². The molecule has 19 heavy (non-hydrogen) atoms. The summed E-state index contributed by atoms with van der Waals surface area (Å²) in [4.78, 5) is 2.71. The highest BCUT2D eigenvalue weighted by atomic mass is 15.2. The van der Waals surface area contributed by atoms with Crippen LogP contribution in [-0.4, -0.2) is 37.1 Å². The number of piperidine rings is 1. The third-order valence-corrected chi connectivity index (χ3v) is 5.27. The van der Waals surface area contributed by atoms with E-state index >= 15 is 0 Å². The van der Waals surface area contributed by atoms with Crippen molar-refractivity contribution < 1.29 is 0 Å². The monoisotopic (exact) mass is 268 g/mol. The number of rotatable bonds is 8. The molecule has 114 valence electrons. The number of nitrogens with zero attached hydrogens (tertiary/aromatic N) is 1. The maximum absolute atomic E-state index is 3.57. The van der Waals surface area contributed by atoms with Gasteiger partial charge in [-0.15, -0.1) is 0 Å². The van der Waals surface area contributed by atoms with Crippen molar-refractivity contribution in [2.75, 3.05) is 26.2 Å². The minimum atomic E-state index is 0.659. The second kappa shape index (κ2) is 8.26. The second-order valence-corrected chi connectivity index (χ2v) is 6.98. The Kier molecular flexibility index (Phi) is 7.38. The smallest absolute Gasteiger partial charge is 0.00790 e. The molecule has 0 spiro atoms. The van der Waals surface area contributed by atoms with Gasteiger partial charge in [0.1, 0.15) is 0 Å². The van der Waals surface area contributed by atoms with E-state index in [1.807, 2.05) is 0 Å². The summed E-state index contributed by atoms with van der Waals surface area (Å²) in [5.41, 5.74) is 0.659. The molecule has 0 radical (unpaired) electrons. The van der Waals surface area contributed by atoms with E-state index in [1.165, 1.54) is 51.7 Å². The molecule has 1 atom stereocenters. The molecule has 0 aromatic carbocycles. The molecule has 1 heterocycles. The predicted octanol–water partition coefficient (Wildman–Crippen LogP) is 3.91. The molecule has 1 aliphatic heterocycles. The first kappa shape index (κ1) is 17.0. The normalized spacial score (nSPS) is 21.8. The van der Waals surface area contributed by atoms with Crippen LogP contribution in [0, 0.1) is 11.3 Å². The lowest BCUT2D eigenvalue weighted by Crippen LogP contribution is -2.44. The van der Waals surface area contributed by atoms with Gasteiger partial charge in [0, 0.05) is 6.04 Å². The summed E-state index contributed by atoms with van der Waals surface area (Å²) in [6, 6.07) is 0.742. The van der Waals surface area contributed by atoms with E-state index in [4.69, 9.17) is 0 Å². The zero-order valence-corrected chi connectivity index (χ0v) is 14.0. The van der Waals surface area contributed by atoms with Crippen LogP contribution in [-0.2, 0) is 0 Å². The number of hydrogen-bond acceptors (Lipinski definition) is 2. The average molecular weight is 268 g/mol.